The minimum absolute atomic E-state index is 0.0820. The molecule has 0 aromatic heterocycles. The van der Waals surface area contributed by atoms with Crippen molar-refractivity contribution in [2.75, 3.05) is 21.2 Å². The Morgan fingerprint density at radius 1 is 1.04 bits per heavy atom. The van der Waals surface area contributed by atoms with Gasteiger partial charge in [0.2, 0.25) is 0 Å². The van der Waals surface area contributed by atoms with E-state index in [4.69, 9.17) is 9.47 Å². The summed E-state index contributed by atoms with van der Waals surface area (Å²) in [6.45, 7) is 1.92. The van der Waals surface area contributed by atoms with Crippen molar-refractivity contribution in [3.8, 4) is 28.4 Å². The molecule has 0 bridgehead atoms. The number of rotatable bonds is 6. The molecule has 0 saturated heterocycles. The smallest absolute Gasteiger partial charge is 0.263 e. The van der Waals surface area contributed by atoms with E-state index in [1.165, 1.54) is 4.90 Å². The summed E-state index contributed by atoms with van der Waals surface area (Å²) >= 11 is 0. The standard InChI is InChI=1S/C23H25NO4/c1-5-22(23(26)24(2)3)28-17-12-15-8-6-7-9-18(15)19(14-17)20-13-16(27-4)10-11-21(20)25/h6-14,22,25H,5H2,1-4H3. The van der Waals surface area contributed by atoms with Gasteiger partial charge in [-0.05, 0) is 53.1 Å². The lowest BCUT2D eigenvalue weighted by atomic mass is 9.97. The molecule has 1 atom stereocenters. The maximum absolute atomic E-state index is 12.4. The number of likely N-dealkylation sites (N-methyl/N-ethyl adjacent to an activating group) is 1. The molecule has 0 aliphatic carbocycles. The lowest BCUT2D eigenvalue weighted by molar-refractivity contribution is -0.136. The summed E-state index contributed by atoms with van der Waals surface area (Å²) in [6, 6.07) is 16.8. The molecule has 3 rings (SSSR count). The van der Waals surface area contributed by atoms with Crippen LogP contribution in [0, 0.1) is 0 Å². The van der Waals surface area contributed by atoms with Crippen molar-refractivity contribution >= 4 is 16.7 Å². The van der Waals surface area contributed by atoms with Crippen LogP contribution in [0.1, 0.15) is 13.3 Å². The lowest BCUT2D eigenvalue weighted by Gasteiger charge is -2.21. The summed E-state index contributed by atoms with van der Waals surface area (Å²) in [5.41, 5.74) is 1.46. The number of phenols is 1. The van der Waals surface area contributed by atoms with E-state index in [1.807, 2.05) is 43.3 Å². The van der Waals surface area contributed by atoms with Crippen LogP contribution in [0.25, 0.3) is 21.9 Å². The van der Waals surface area contributed by atoms with Crippen molar-refractivity contribution in [1.29, 1.82) is 0 Å². The number of methoxy groups -OCH3 is 1. The quantitative estimate of drug-likeness (QED) is 0.687. The van der Waals surface area contributed by atoms with Gasteiger partial charge in [-0.1, -0.05) is 31.2 Å². The van der Waals surface area contributed by atoms with Crippen molar-refractivity contribution in [3.05, 3.63) is 54.6 Å². The Kier molecular flexibility index (Phi) is 5.73. The van der Waals surface area contributed by atoms with E-state index in [0.717, 1.165) is 16.3 Å². The first-order chi connectivity index (χ1) is 13.4. The third-order valence-electron chi connectivity index (χ3n) is 4.69. The van der Waals surface area contributed by atoms with E-state index in [9.17, 15) is 9.90 Å². The molecule has 3 aromatic carbocycles. The van der Waals surface area contributed by atoms with Crippen LogP contribution in [0.4, 0.5) is 0 Å². The monoisotopic (exact) mass is 379 g/mol. The Hall–Kier alpha value is -3.21. The van der Waals surface area contributed by atoms with Crippen molar-refractivity contribution < 1.29 is 19.4 Å². The second-order valence-corrected chi connectivity index (χ2v) is 6.82. The van der Waals surface area contributed by atoms with Gasteiger partial charge in [0.15, 0.2) is 6.10 Å². The highest BCUT2D eigenvalue weighted by molar-refractivity contribution is 5.99. The van der Waals surface area contributed by atoms with E-state index >= 15 is 0 Å². The zero-order valence-corrected chi connectivity index (χ0v) is 16.6. The summed E-state index contributed by atoms with van der Waals surface area (Å²) in [4.78, 5) is 13.9. The van der Waals surface area contributed by atoms with Crippen molar-refractivity contribution in [2.45, 2.75) is 19.4 Å². The first-order valence-corrected chi connectivity index (χ1v) is 9.22. The number of carbonyl (C=O) groups excluding carboxylic acids is 1. The number of fused-ring (bicyclic) bond motifs is 1. The maximum Gasteiger partial charge on any atom is 0.263 e. The second-order valence-electron chi connectivity index (χ2n) is 6.82. The Bertz CT molecular complexity index is 997. The molecule has 3 aromatic rings. The molecule has 5 nitrogen and oxygen atoms in total. The SMILES string of the molecule is CCC(Oc1cc(-c2cc(OC)ccc2O)c2ccccc2c1)C(=O)N(C)C. The van der Waals surface area contributed by atoms with E-state index in [0.29, 0.717) is 23.5 Å². The van der Waals surface area contributed by atoms with Gasteiger partial charge in [0.1, 0.15) is 17.2 Å². The number of aromatic hydroxyl groups is 1. The zero-order valence-electron chi connectivity index (χ0n) is 16.6. The second kappa shape index (κ2) is 8.21. The molecule has 28 heavy (non-hydrogen) atoms. The number of ether oxygens (including phenoxy) is 2. The van der Waals surface area contributed by atoms with Gasteiger partial charge >= 0.3 is 0 Å². The molecular weight excluding hydrogens is 354 g/mol. The summed E-state index contributed by atoms with van der Waals surface area (Å²) in [6.07, 6.45) is -0.00763. The molecular formula is C23H25NO4. The van der Waals surface area contributed by atoms with Crippen molar-refractivity contribution in [2.24, 2.45) is 0 Å². The fourth-order valence-corrected chi connectivity index (χ4v) is 3.19. The highest BCUT2D eigenvalue weighted by Gasteiger charge is 2.21. The lowest BCUT2D eigenvalue weighted by Crippen LogP contribution is -2.37. The third kappa shape index (κ3) is 3.88. The zero-order chi connectivity index (χ0) is 20.3. The van der Waals surface area contributed by atoms with Gasteiger partial charge in [0.05, 0.1) is 7.11 Å². The van der Waals surface area contributed by atoms with Gasteiger partial charge < -0.3 is 19.5 Å². The number of amides is 1. The highest BCUT2D eigenvalue weighted by atomic mass is 16.5. The predicted molar refractivity (Wildman–Crippen MR) is 111 cm³/mol. The predicted octanol–water partition coefficient (Wildman–Crippen LogP) is 4.47. The van der Waals surface area contributed by atoms with Crippen molar-refractivity contribution in [1.82, 2.24) is 4.90 Å². The van der Waals surface area contributed by atoms with Gasteiger partial charge in [-0.25, -0.2) is 0 Å². The molecule has 0 heterocycles. The van der Waals surface area contributed by atoms with Crippen LogP contribution in [0.2, 0.25) is 0 Å². The number of phenolic OH excluding ortho intramolecular Hbond substituents is 1. The molecule has 5 heteroatoms. The number of hydrogen-bond donors (Lipinski definition) is 1. The van der Waals surface area contributed by atoms with Crippen LogP contribution in [-0.4, -0.2) is 43.2 Å². The van der Waals surface area contributed by atoms with Crippen molar-refractivity contribution in [3.63, 3.8) is 0 Å². The topological polar surface area (TPSA) is 59.0 Å². The van der Waals surface area contributed by atoms with Gasteiger partial charge in [-0.2, -0.15) is 0 Å². The molecule has 0 aliphatic heterocycles. The van der Waals surface area contributed by atoms with Gasteiger partial charge in [0.25, 0.3) is 5.91 Å². The van der Waals surface area contributed by atoms with Crippen LogP contribution in [0.3, 0.4) is 0 Å². The van der Waals surface area contributed by atoms with Gasteiger partial charge in [-0.3, -0.25) is 4.79 Å². The molecule has 146 valence electrons. The van der Waals surface area contributed by atoms with Crippen LogP contribution in [0.15, 0.2) is 54.6 Å². The Labute approximate surface area is 165 Å². The molecule has 0 aliphatic rings. The molecule has 0 fully saturated rings. The fourth-order valence-electron chi connectivity index (χ4n) is 3.19. The van der Waals surface area contributed by atoms with Gasteiger partial charge in [-0.15, -0.1) is 0 Å². The molecule has 1 amide bonds. The average Bonchev–Trinajstić information content (AvgIpc) is 2.71. The third-order valence-corrected chi connectivity index (χ3v) is 4.69. The minimum atomic E-state index is -0.567. The average molecular weight is 379 g/mol. The Morgan fingerprint density at radius 3 is 2.43 bits per heavy atom. The first kappa shape index (κ1) is 19.5. The summed E-state index contributed by atoms with van der Waals surface area (Å²) in [5, 5.41) is 12.4. The maximum atomic E-state index is 12.4. The molecule has 0 radical (unpaired) electrons. The van der Waals surface area contributed by atoms with Crippen LogP contribution >= 0.6 is 0 Å². The normalized spacial score (nSPS) is 11.9. The van der Waals surface area contributed by atoms with E-state index in [2.05, 4.69) is 0 Å². The highest BCUT2D eigenvalue weighted by Crippen LogP contribution is 2.39. The van der Waals surface area contributed by atoms with Gasteiger partial charge in [0, 0.05) is 19.7 Å². The summed E-state index contributed by atoms with van der Waals surface area (Å²) in [5.74, 6) is 1.30. The fraction of sp³-hybridized carbons (Fsp3) is 0.261. The Balaban J connectivity index is 2.14. The molecule has 1 unspecified atom stereocenters. The number of benzene rings is 3. The minimum Gasteiger partial charge on any atom is -0.507 e. The van der Waals surface area contributed by atoms with E-state index in [1.54, 1.807) is 39.4 Å². The Morgan fingerprint density at radius 2 is 1.75 bits per heavy atom. The first-order valence-electron chi connectivity index (χ1n) is 9.22. The number of hydrogen-bond acceptors (Lipinski definition) is 4. The number of nitrogens with zero attached hydrogens (tertiary/aromatic N) is 1. The van der Waals surface area contributed by atoms with E-state index < -0.39 is 6.10 Å². The largest absolute Gasteiger partial charge is 0.507 e. The van der Waals surface area contributed by atoms with E-state index in [-0.39, 0.29) is 11.7 Å². The summed E-state index contributed by atoms with van der Waals surface area (Å²) in [7, 11) is 5.02. The number of carbonyl (C=O) groups is 1. The van der Waals surface area contributed by atoms with Crippen LogP contribution in [-0.2, 0) is 4.79 Å². The van der Waals surface area contributed by atoms with Crippen LogP contribution < -0.4 is 9.47 Å². The summed E-state index contributed by atoms with van der Waals surface area (Å²) < 4.78 is 11.4. The molecule has 1 N–H and O–H groups in total. The molecule has 0 saturated carbocycles. The van der Waals surface area contributed by atoms with Crippen LogP contribution in [0.5, 0.6) is 17.2 Å². The molecule has 0 spiro atoms.